The quantitative estimate of drug-likeness (QED) is 0.822. The zero-order chi connectivity index (χ0) is 15.7. The molecule has 0 bridgehead atoms. The second kappa shape index (κ2) is 6.08. The topological polar surface area (TPSA) is 43.9 Å². The van der Waals surface area contributed by atoms with Gasteiger partial charge in [-0.05, 0) is 31.7 Å². The molecule has 2 amide bonds. The van der Waals surface area contributed by atoms with Crippen LogP contribution in [0.25, 0.3) is 0 Å². The maximum Gasteiger partial charge on any atom is 0.228 e. The van der Waals surface area contributed by atoms with Gasteiger partial charge in [-0.2, -0.15) is 0 Å². The van der Waals surface area contributed by atoms with Crippen molar-refractivity contribution in [1.29, 1.82) is 0 Å². The fraction of sp³-hybridized carbons (Fsp3) is 0.529. The Morgan fingerprint density at radius 3 is 2.59 bits per heavy atom. The molecular formula is C17H23N3O2. The van der Waals surface area contributed by atoms with Crippen molar-refractivity contribution < 1.29 is 9.59 Å². The van der Waals surface area contributed by atoms with Crippen LogP contribution < -0.4 is 4.90 Å². The molecule has 0 N–H and O–H groups in total. The van der Waals surface area contributed by atoms with Crippen LogP contribution >= 0.6 is 0 Å². The Balaban J connectivity index is 1.68. The summed E-state index contributed by atoms with van der Waals surface area (Å²) in [5, 5.41) is 0. The molecule has 0 aliphatic carbocycles. The highest BCUT2D eigenvalue weighted by Crippen LogP contribution is 2.27. The first-order chi connectivity index (χ1) is 10.5. The number of likely N-dealkylation sites (N-methyl/N-ethyl adjacent to an activating group) is 1. The molecule has 5 nitrogen and oxygen atoms in total. The van der Waals surface area contributed by atoms with E-state index >= 15 is 0 Å². The summed E-state index contributed by atoms with van der Waals surface area (Å²) >= 11 is 0. The number of aryl methyl sites for hydroxylation is 1. The van der Waals surface area contributed by atoms with E-state index in [1.807, 2.05) is 36.1 Å². The van der Waals surface area contributed by atoms with E-state index in [-0.39, 0.29) is 17.7 Å². The van der Waals surface area contributed by atoms with Crippen molar-refractivity contribution in [1.82, 2.24) is 9.80 Å². The van der Waals surface area contributed by atoms with Gasteiger partial charge in [-0.25, -0.2) is 0 Å². The molecule has 3 rings (SSSR count). The molecule has 1 aromatic rings. The average Bonchev–Trinajstić information content (AvgIpc) is 2.89. The van der Waals surface area contributed by atoms with Crippen LogP contribution in [0.15, 0.2) is 24.3 Å². The zero-order valence-electron chi connectivity index (χ0n) is 13.3. The van der Waals surface area contributed by atoms with Crippen molar-refractivity contribution >= 4 is 17.5 Å². The Labute approximate surface area is 131 Å². The number of carbonyl (C=O) groups excluding carboxylic acids is 2. The van der Waals surface area contributed by atoms with E-state index < -0.39 is 0 Å². The summed E-state index contributed by atoms with van der Waals surface area (Å²) in [4.78, 5) is 30.8. The number of carbonyl (C=O) groups is 2. The Morgan fingerprint density at radius 2 is 1.91 bits per heavy atom. The van der Waals surface area contributed by atoms with Gasteiger partial charge >= 0.3 is 0 Å². The minimum absolute atomic E-state index is 0.0538. The lowest BCUT2D eigenvalue weighted by molar-refractivity contribution is -0.137. The van der Waals surface area contributed by atoms with Crippen LogP contribution in [0.4, 0.5) is 5.69 Å². The summed E-state index contributed by atoms with van der Waals surface area (Å²) < 4.78 is 0. The highest BCUT2D eigenvalue weighted by molar-refractivity contribution is 6.00. The zero-order valence-corrected chi connectivity index (χ0v) is 13.3. The van der Waals surface area contributed by atoms with E-state index in [2.05, 4.69) is 11.9 Å². The van der Waals surface area contributed by atoms with Crippen LogP contribution in [0.2, 0.25) is 0 Å². The standard InChI is InChI=1S/C17H23N3O2/c1-13-4-3-5-15(10-13)20-12-14(11-16(20)21)17(22)19-8-6-18(2)7-9-19/h3-5,10,14H,6-9,11-12H2,1-2H3/t14-/m0/s1. The van der Waals surface area contributed by atoms with Crippen LogP contribution in [-0.2, 0) is 9.59 Å². The van der Waals surface area contributed by atoms with Gasteiger partial charge in [0, 0.05) is 44.8 Å². The molecule has 2 aliphatic rings. The van der Waals surface area contributed by atoms with E-state index in [0.717, 1.165) is 37.4 Å². The highest BCUT2D eigenvalue weighted by Gasteiger charge is 2.37. The predicted octanol–water partition coefficient (Wildman–Crippen LogP) is 1.12. The molecule has 2 fully saturated rings. The Hall–Kier alpha value is -1.88. The molecule has 0 saturated carbocycles. The van der Waals surface area contributed by atoms with Gasteiger partial charge in [-0.15, -0.1) is 0 Å². The molecule has 0 spiro atoms. The van der Waals surface area contributed by atoms with E-state index in [1.165, 1.54) is 0 Å². The lowest BCUT2D eigenvalue weighted by Gasteiger charge is -2.33. The van der Waals surface area contributed by atoms with Gasteiger partial charge in [0.15, 0.2) is 0 Å². The molecule has 0 unspecified atom stereocenters. The molecule has 22 heavy (non-hydrogen) atoms. The Morgan fingerprint density at radius 1 is 1.18 bits per heavy atom. The largest absolute Gasteiger partial charge is 0.340 e. The summed E-state index contributed by atoms with van der Waals surface area (Å²) in [6.45, 7) is 5.88. The Kier molecular flexibility index (Phi) is 4.16. The van der Waals surface area contributed by atoms with Gasteiger partial charge in [0.1, 0.15) is 0 Å². The van der Waals surface area contributed by atoms with Crippen LogP contribution in [0.3, 0.4) is 0 Å². The van der Waals surface area contributed by atoms with Gasteiger partial charge < -0.3 is 14.7 Å². The molecule has 1 aromatic carbocycles. The molecule has 0 aromatic heterocycles. The van der Waals surface area contributed by atoms with Gasteiger partial charge in [-0.1, -0.05) is 12.1 Å². The molecule has 2 heterocycles. The number of hydrogen-bond donors (Lipinski definition) is 0. The third-order valence-electron chi connectivity index (χ3n) is 4.60. The number of hydrogen-bond acceptors (Lipinski definition) is 3. The highest BCUT2D eigenvalue weighted by atomic mass is 16.2. The van der Waals surface area contributed by atoms with E-state index in [0.29, 0.717) is 13.0 Å². The third-order valence-corrected chi connectivity index (χ3v) is 4.60. The minimum Gasteiger partial charge on any atom is -0.340 e. The molecule has 5 heteroatoms. The van der Waals surface area contributed by atoms with Crippen molar-refractivity contribution in [2.45, 2.75) is 13.3 Å². The summed E-state index contributed by atoms with van der Waals surface area (Å²) in [6.07, 6.45) is 0.332. The lowest BCUT2D eigenvalue weighted by atomic mass is 10.1. The SMILES string of the molecule is Cc1cccc(N2C[C@@H](C(=O)N3CCN(C)CC3)CC2=O)c1. The van der Waals surface area contributed by atoms with Gasteiger partial charge in [0.2, 0.25) is 11.8 Å². The summed E-state index contributed by atoms with van der Waals surface area (Å²) in [5.74, 6) is -0.00824. The molecule has 2 saturated heterocycles. The van der Waals surface area contributed by atoms with Crippen LogP contribution in [0.5, 0.6) is 0 Å². The maximum atomic E-state index is 12.6. The number of amides is 2. The van der Waals surface area contributed by atoms with Crippen molar-refractivity contribution in [2.75, 3.05) is 44.7 Å². The molecule has 118 valence electrons. The first kappa shape index (κ1) is 15.0. The van der Waals surface area contributed by atoms with Crippen LogP contribution in [0, 0.1) is 12.8 Å². The Bertz CT molecular complexity index is 579. The summed E-state index contributed by atoms with van der Waals surface area (Å²) in [5.41, 5.74) is 2.03. The molecule has 0 radical (unpaired) electrons. The van der Waals surface area contributed by atoms with E-state index in [1.54, 1.807) is 4.90 Å². The number of benzene rings is 1. The summed E-state index contributed by atoms with van der Waals surface area (Å²) in [7, 11) is 2.07. The number of anilines is 1. The third kappa shape index (κ3) is 2.99. The predicted molar refractivity (Wildman–Crippen MR) is 85.7 cm³/mol. The molecule has 2 aliphatic heterocycles. The molecule has 1 atom stereocenters. The van der Waals surface area contributed by atoms with Crippen molar-refractivity contribution in [2.24, 2.45) is 5.92 Å². The average molecular weight is 301 g/mol. The molecular weight excluding hydrogens is 278 g/mol. The number of nitrogens with zero attached hydrogens (tertiary/aromatic N) is 3. The first-order valence-electron chi connectivity index (χ1n) is 7.89. The van der Waals surface area contributed by atoms with Gasteiger partial charge in [0.25, 0.3) is 0 Å². The summed E-state index contributed by atoms with van der Waals surface area (Å²) in [6, 6.07) is 7.90. The minimum atomic E-state index is -0.198. The first-order valence-corrected chi connectivity index (χ1v) is 7.89. The second-order valence-electron chi connectivity index (χ2n) is 6.37. The van der Waals surface area contributed by atoms with Crippen molar-refractivity contribution in [3.63, 3.8) is 0 Å². The normalized spacial score (nSPS) is 23.2. The van der Waals surface area contributed by atoms with E-state index in [9.17, 15) is 9.59 Å². The number of rotatable bonds is 2. The lowest BCUT2D eigenvalue weighted by Crippen LogP contribution is -2.49. The van der Waals surface area contributed by atoms with Crippen LogP contribution in [0.1, 0.15) is 12.0 Å². The fourth-order valence-corrected chi connectivity index (χ4v) is 3.20. The van der Waals surface area contributed by atoms with Crippen molar-refractivity contribution in [3.05, 3.63) is 29.8 Å². The fourth-order valence-electron chi connectivity index (χ4n) is 3.20. The number of piperazine rings is 1. The van der Waals surface area contributed by atoms with Gasteiger partial charge in [-0.3, -0.25) is 9.59 Å². The second-order valence-corrected chi connectivity index (χ2v) is 6.37. The van der Waals surface area contributed by atoms with E-state index in [4.69, 9.17) is 0 Å². The van der Waals surface area contributed by atoms with Crippen molar-refractivity contribution in [3.8, 4) is 0 Å². The smallest absolute Gasteiger partial charge is 0.228 e. The monoisotopic (exact) mass is 301 g/mol. The van der Waals surface area contributed by atoms with Gasteiger partial charge in [0.05, 0.1) is 5.92 Å². The van der Waals surface area contributed by atoms with Crippen LogP contribution in [-0.4, -0.2) is 61.4 Å². The maximum absolute atomic E-state index is 12.6.